The molecular weight excluding hydrogens is 112 g/mol. The van der Waals surface area contributed by atoms with Crippen molar-refractivity contribution in [3.8, 4) is 0 Å². The maximum absolute atomic E-state index is 8.82. The Bertz CT molecular complexity index is 98.7. The van der Waals surface area contributed by atoms with Gasteiger partial charge in [0.1, 0.15) is 0 Å². The standard InChI is InChI=1S/C8H14O/c1-2-7-4-3-5-8(7)6-9/h2,7-9H,1,3-6H2/t7-,8+/m0/s1. The van der Waals surface area contributed by atoms with Gasteiger partial charge in [0, 0.05) is 6.61 Å². The molecule has 0 amide bonds. The van der Waals surface area contributed by atoms with E-state index in [1.807, 2.05) is 6.08 Å². The Balaban J connectivity index is 2.41. The molecule has 2 atom stereocenters. The number of rotatable bonds is 2. The summed E-state index contributed by atoms with van der Waals surface area (Å²) in [7, 11) is 0. The van der Waals surface area contributed by atoms with Crippen LogP contribution < -0.4 is 0 Å². The van der Waals surface area contributed by atoms with E-state index in [4.69, 9.17) is 5.11 Å². The van der Waals surface area contributed by atoms with E-state index in [0.29, 0.717) is 18.4 Å². The number of aliphatic hydroxyl groups is 1. The summed E-state index contributed by atoms with van der Waals surface area (Å²) in [6.45, 7) is 4.07. The quantitative estimate of drug-likeness (QED) is 0.557. The fraction of sp³-hybridized carbons (Fsp3) is 0.750. The van der Waals surface area contributed by atoms with Crippen LogP contribution in [0.5, 0.6) is 0 Å². The van der Waals surface area contributed by atoms with Gasteiger partial charge < -0.3 is 5.11 Å². The highest BCUT2D eigenvalue weighted by Gasteiger charge is 2.23. The normalized spacial score (nSPS) is 34.8. The maximum atomic E-state index is 8.82. The molecule has 9 heavy (non-hydrogen) atoms. The molecular formula is C8H14O. The highest BCUT2D eigenvalue weighted by Crippen LogP contribution is 2.31. The zero-order valence-corrected chi connectivity index (χ0v) is 5.71. The van der Waals surface area contributed by atoms with Crippen LogP contribution in [0.4, 0.5) is 0 Å². The minimum Gasteiger partial charge on any atom is -0.396 e. The van der Waals surface area contributed by atoms with Gasteiger partial charge in [-0.3, -0.25) is 0 Å². The lowest BCUT2D eigenvalue weighted by Crippen LogP contribution is -2.08. The summed E-state index contributed by atoms with van der Waals surface area (Å²) in [6, 6.07) is 0. The summed E-state index contributed by atoms with van der Waals surface area (Å²) in [6.07, 6.45) is 5.66. The average Bonchev–Trinajstić information content (AvgIpc) is 2.33. The Kier molecular flexibility index (Phi) is 2.29. The predicted octanol–water partition coefficient (Wildman–Crippen LogP) is 1.58. The summed E-state index contributed by atoms with van der Waals surface area (Å²) >= 11 is 0. The van der Waals surface area contributed by atoms with E-state index in [9.17, 15) is 0 Å². The van der Waals surface area contributed by atoms with E-state index in [1.54, 1.807) is 0 Å². The molecule has 0 aromatic rings. The van der Waals surface area contributed by atoms with Gasteiger partial charge in [0.2, 0.25) is 0 Å². The monoisotopic (exact) mass is 126 g/mol. The maximum Gasteiger partial charge on any atom is 0.0464 e. The van der Waals surface area contributed by atoms with Gasteiger partial charge in [0.05, 0.1) is 0 Å². The number of hydrogen-bond acceptors (Lipinski definition) is 1. The van der Waals surface area contributed by atoms with Crippen molar-refractivity contribution in [1.82, 2.24) is 0 Å². The summed E-state index contributed by atoms with van der Waals surface area (Å²) < 4.78 is 0. The first-order valence-electron chi connectivity index (χ1n) is 3.62. The SMILES string of the molecule is C=C[C@H]1CCC[C@@H]1CO. The minimum absolute atomic E-state index is 0.344. The van der Waals surface area contributed by atoms with Gasteiger partial charge >= 0.3 is 0 Å². The van der Waals surface area contributed by atoms with Gasteiger partial charge in [-0.2, -0.15) is 0 Å². The fourth-order valence-electron chi connectivity index (χ4n) is 1.60. The predicted molar refractivity (Wildman–Crippen MR) is 38.1 cm³/mol. The van der Waals surface area contributed by atoms with Gasteiger partial charge in [-0.25, -0.2) is 0 Å². The smallest absolute Gasteiger partial charge is 0.0464 e. The summed E-state index contributed by atoms with van der Waals surface area (Å²) in [5.41, 5.74) is 0. The van der Waals surface area contributed by atoms with Crippen molar-refractivity contribution in [2.75, 3.05) is 6.61 Å². The van der Waals surface area contributed by atoms with E-state index in [0.717, 1.165) is 0 Å². The van der Waals surface area contributed by atoms with Crippen LogP contribution >= 0.6 is 0 Å². The Morgan fingerprint density at radius 3 is 2.78 bits per heavy atom. The molecule has 1 saturated carbocycles. The van der Waals surface area contributed by atoms with Gasteiger partial charge in [-0.15, -0.1) is 6.58 Å². The molecule has 0 aromatic heterocycles. The average molecular weight is 126 g/mol. The molecule has 0 unspecified atom stereocenters. The number of allylic oxidation sites excluding steroid dienone is 1. The molecule has 1 nitrogen and oxygen atoms in total. The summed E-state index contributed by atoms with van der Waals surface area (Å²) in [5.74, 6) is 1.11. The number of hydrogen-bond donors (Lipinski definition) is 1. The van der Waals surface area contributed by atoms with Crippen LogP contribution in [-0.2, 0) is 0 Å². The fourth-order valence-corrected chi connectivity index (χ4v) is 1.60. The molecule has 0 heterocycles. The molecule has 0 saturated heterocycles. The second-order valence-electron chi connectivity index (χ2n) is 2.77. The van der Waals surface area contributed by atoms with Gasteiger partial charge in [0.25, 0.3) is 0 Å². The Morgan fingerprint density at radius 2 is 2.33 bits per heavy atom. The van der Waals surface area contributed by atoms with Crippen molar-refractivity contribution in [2.24, 2.45) is 11.8 Å². The Labute approximate surface area is 56.4 Å². The number of aliphatic hydroxyl groups excluding tert-OH is 1. The molecule has 1 aliphatic carbocycles. The highest BCUT2D eigenvalue weighted by molar-refractivity contribution is 4.88. The van der Waals surface area contributed by atoms with Crippen LogP contribution in [0.2, 0.25) is 0 Å². The lowest BCUT2D eigenvalue weighted by atomic mass is 9.97. The zero-order valence-electron chi connectivity index (χ0n) is 5.71. The third-order valence-corrected chi connectivity index (χ3v) is 2.26. The largest absolute Gasteiger partial charge is 0.396 e. The Morgan fingerprint density at radius 1 is 1.56 bits per heavy atom. The zero-order chi connectivity index (χ0) is 6.69. The first-order chi connectivity index (χ1) is 4.38. The van der Waals surface area contributed by atoms with Crippen LogP contribution in [0.15, 0.2) is 12.7 Å². The van der Waals surface area contributed by atoms with Gasteiger partial charge in [-0.1, -0.05) is 12.5 Å². The summed E-state index contributed by atoms with van der Waals surface area (Å²) in [4.78, 5) is 0. The van der Waals surface area contributed by atoms with Crippen molar-refractivity contribution >= 4 is 0 Å². The topological polar surface area (TPSA) is 20.2 Å². The van der Waals surface area contributed by atoms with Crippen LogP contribution in [0, 0.1) is 11.8 Å². The van der Waals surface area contributed by atoms with Crippen LogP contribution in [0.3, 0.4) is 0 Å². The third-order valence-electron chi connectivity index (χ3n) is 2.26. The molecule has 0 radical (unpaired) electrons. The Hall–Kier alpha value is -0.300. The second kappa shape index (κ2) is 3.02. The molecule has 1 fully saturated rings. The molecule has 1 rings (SSSR count). The van der Waals surface area contributed by atoms with E-state index >= 15 is 0 Å². The molecule has 0 bridgehead atoms. The van der Waals surface area contributed by atoms with Gasteiger partial charge in [-0.05, 0) is 24.7 Å². The third kappa shape index (κ3) is 1.33. The van der Waals surface area contributed by atoms with E-state index in [1.165, 1.54) is 19.3 Å². The second-order valence-corrected chi connectivity index (χ2v) is 2.77. The summed E-state index contributed by atoms with van der Waals surface area (Å²) in [5, 5.41) is 8.82. The van der Waals surface area contributed by atoms with Crippen molar-refractivity contribution in [2.45, 2.75) is 19.3 Å². The van der Waals surface area contributed by atoms with E-state index < -0.39 is 0 Å². The molecule has 0 spiro atoms. The van der Waals surface area contributed by atoms with Crippen molar-refractivity contribution in [3.63, 3.8) is 0 Å². The molecule has 52 valence electrons. The van der Waals surface area contributed by atoms with Crippen LogP contribution in [-0.4, -0.2) is 11.7 Å². The minimum atomic E-state index is 0.344. The lowest BCUT2D eigenvalue weighted by molar-refractivity contribution is 0.210. The van der Waals surface area contributed by atoms with E-state index in [2.05, 4.69) is 6.58 Å². The molecule has 0 aliphatic heterocycles. The van der Waals surface area contributed by atoms with Crippen LogP contribution in [0.1, 0.15) is 19.3 Å². The molecule has 0 aromatic carbocycles. The van der Waals surface area contributed by atoms with Gasteiger partial charge in [0.15, 0.2) is 0 Å². The van der Waals surface area contributed by atoms with E-state index in [-0.39, 0.29) is 0 Å². The first kappa shape index (κ1) is 6.81. The highest BCUT2D eigenvalue weighted by atomic mass is 16.3. The van der Waals surface area contributed by atoms with Crippen molar-refractivity contribution in [3.05, 3.63) is 12.7 Å². The van der Waals surface area contributed by atoms with Crippen LogP contribution in [0.25, 0.3) is 0 Å². The molecule has 1 N–H and O–H groups in total. The molecule has 1 aliphatic rings. The first-order valence-corrected chi connectivity index (χ1v) is 3.62. The van der Waals surface area contributed by atoms with Crippen molar-refractivity contribution in [1.29, 1.82) is 0 Å². The molecule has 1 heteroatoms. The van der Waals surface area contributed by atoms with Crippen molar-refractivity contribution < 1.29 is 5.11 Å². The lowest BCUT2D eigenvalue weighted by Gasteiger charge is -2.10.